The minimum absolute atomic E-state index is 0.0378. The van der Waals surface area contributed by atoms with Gasteiger partial charge in [-0.25, -0.2) is 14.4 Å². The van der Waals surface area contributed by atoms with Crippen LogP contribution in [0.2, 0.25) is 0 Å². The molecule has 156 valence electrons. The molecule has 0 radical (unpaired) electrons. The number of carbonyl (C=O) groups is 3. The number of hydrogen-bond acceptors (Lipinski definition) is 5. The van der Waals surface area contributed by atoms with Gasteiger partial charge in [0, 0.05) is 25.7 Å². The van der Waals surface area contributed by atoms with Gasteiger partial charge in [0.15, 0.2) is 0 Å². The van der Waals surface area contributed by atoms with Gasteiger partial charge in [-0.3, -0.25) is 4.90 Å². The lowest BCUT2D eigenvalue weighted by Gasteiger charge is -2.37. The largest absolute Gasteiger partial charge is 0.456 e. The Balaban J connectivity index is 1.65. The van der Waals surface area contributed by atoms with Gasteiger partial charge in [-0.2, -0.15) is 0 Å². The molecule has 8 heteroatoms. The molecule has 8 nitrogen and oxygen atoms in total. The van der Waals surface area contributed by atoms with Crippen LogP contribution in [0.5, 0.6) is 0 Å². The van der Waals surface area contributed by atoms with Crippen LogP contribution in [0.25, 0.3) is 0 Å². The molecule has 0 aromatic carbocycles. The molecule has 0 aromatic heterocycles. The predicted molar refractivity (Wildman–Crippen MR) is 103 cm³/mol. The minimum atomic E-state index is -0.514. The fourth-order valence-electron chi connectivity index (χ4n) is 4.04. The molecule has 1 unspecified atom stereocenters. The van der Waals surface area contributed by atoms with Crippen molar-refractivity contribution < 1.29 is 23.9 Å². The van der Waals surface area contributed by atoms with Gasteiger partial charge in [0.25, 0.3) is 0 Å². The molecule has 0 N–H and O–H groups in total. The van der Waals surface area contributed by atoms with Gasteiger partial charge in [-0.15, -0.1) is 0 Å². The molecule has 1 atom stereocenters. The zero-order valence-electron chi connectivity index (χ0n) is 17.5. The number of urea groups is 1. The van der Waals surface area contributed by atoms with Crippen molar-refractivity contribution in [3.8, 4) is 0 Å². The van der Waals surface area contributed by atoms with Gasteiger partial charge in [-0.1, -0.05) is 6.92 Å². The standard InChI is InChI=1S/C20H31N3O5/c1-6-14-11-22(18(25)23(14)16-12-27-17(24)13(16)2)15-7-9-21(10-8-15)19(26)28-20(3,4)5/h14-15H,6-12H2,1-5H3. The molecule has 3 aliphatic rings. The molecule has 3 aliphatic heterocycles. The molecule has 0 bridgehead atoms. The van der Waals surface area contributed by atoms with Crippen LogP contribution in [0, 0.1) is 0 Å². The van der Waals surface area contributed by atoms with Gasteiger partial charge in [0.1, 0.15) is 12.2 Å². The molecule has 3 amide bonds. The molecule has 0 aliphatic carbocycles. The molecular formula is C20H31N3O5. The summed E-state index contributed by atoms with van der Waals surface area (Å²) in [5.41, 5.74) is 0.698. The second kappa shape index (κ2) is 7.64. The molecule has 0 saturated carbocycles. The molecule has 3 heterocycles. The summed E-state index contributed by atoms with van der Waals surface area (Å²) in [6, 6.07) is 0.0650. The van der Waals surface area contributed by atoms with Crippen LogP contribution in [0.3, 0.4) is 0 Å². The molecule has 0 spiro atoms. The van der Waals surface area contributed by atoms with Crippen molar-refractivity contribution in [1.82, 2.24) is 14.7 Å². The number of ether oxygens (including phenoxy) is 2. The lowest BCUT2D eigenvalue weighted by Crippen LogP contribution is -2.49. The number of cyclic esters (lactones) is 1. The highest BCUT2D eigenvalue weighted by Crippen LogP contribution is 2.32. The van der Waals surface area contributed by atoms with E-state index in [9.17, 15) is 14.4 Å². The summed E-state index contributed by atoms with van der Waals surface area (Å²) >= 11 is 0. The average Bonchev–Trinajstić information content (AvgIpc) is 3.13. The van der Waals surface area contributed by atoms with E-state index in [2.05, 4.69) is 0 Å². The Morgan fingerprint density at radius 2 is 1.86 bits per heavy atom. The normalized spacial score (nSPS) is 24.3. The number of carbonyl (C=O) groups excluding carboxylic acids is 3. The quantitative estimate of drug-likeness (QED) is 0.689. The van der Waals surface area contributed by atoms with Gasteiger partial charge in [0.05, 0.1) is 17.3 Å². The van der Waals surface area contributed by atoms with Gasteiger partial charge < -0.3 is 19.3 Å². The van der Waals surface area contributed by atoms with E-state index in [1.165, 1.54) is 0 Å². The maximum absolute atomic E-state index is 13.2. The van der Waals surface area contributed by atoms with E-state index in [0.717, 1.165) is 19.3 Å². The Kier molecular flexibility index (Phi) is 5.59. The molecule has 2 fully saturated rings. The minimum Gasteiger partial charge on any atom is -0.456 e. The van der Waals surface area contributed by atoms with Crippen molar-refractivity contribution in [2.45, 2.75) is 71.6 Å². The van der Waals surface area contributed by atoms with Crippen LogP contribution in [0.15, 0.2) is 11.3 Å². The first-order valence-electron chi connectivity index (χ1n) is 10.1. The third kappa shape index (κ3) is 3.95. The SMILES string of the molecule is CCC1CN(C2CCN(C(=O)OC(C)(C)C)CC2)C(=O)N1C1=C(C)C(=O)OC1. The Morgan fingerprint density at radius 1 is 1.21 bits per heavy atom. The summed E-state index contributed by atoms with van der Waals surface area (Å²) in [6.07, 6.45) is 1.96. The average molecular weight is 393 g/mol. The molecular weight excluding hydrogens is 362 g/mol. The van der Waals surface area contributed by atoms with Crippen LogP contribution in [-0.2, 0) is 14.3 Å². The Morgan fingerprint density at radius 3 is 2.36 bits per heavy atom. The van der Waals surface area contributed by atoms with Crippen molar-refractivity contribution in [2.24, 2.45) is 0 Å². The Hall–Kier alpha value is -2.25. The van der Waals surface area contributed by atoms with Crippen molar-refractivity contribution >= 4 is 18.1 Å². The fourth-order valence-corrected chi connectivity index (χ4v) is 4.04. The fraction of sp³-hybridized carbons (Fsp3) is 0.750. The zero-order chi connectivity index (χ0) is 20.6. The number of hydrogen-bond donors (Lipinski definition) is 0. The smallest absolute Gasteiger partial charge is 0.410 e. The van der Waals surface area contributed by atoms with Crippen LogP contribution < -0.4 is 0 Å². The molecule has 3 rings (SSSR count). The van der Waals surface area contributed by atoms with E-state index in [0.29, 0.717) is 30.9 Å². The first-order valence-corrected chi connectivity index (χ1v) is 10.1. The van der Waals surface area contributed by atoms with E-state index >= 15 is 0 Å². The van der Waals surface area contributed by atoms with Crippen LogP contribution >= 0.6 is 0 Å². The first-order chi connectivity index (χ1) is 13.1. The van der Waals surface area contributed by atoms with Gasteiger partial charge in [0.2, 0.25) is 0 Å². The number of rotatable bonds is 3. The van der Waals surface area contributed by atoms with Crippen LogP contribution in [-0.4, -0.2) is 76.7 Å². The number of esters is 1. The third-order valence-electron chi connectivity index (χ3n) is 5.62. The zero-order valence-corrected chi connectivity index (χ0v) is 17.5. The maximum Gasteiger partial charge on any atom is 0.410 e. The Labute approximate surface area is 166 Å². The number of piperidine rings is 1. The van der Waals surface area contributed by atoms with E-state index in [1.807, 2.05) is 32.6 Å². The highest BCUT2D eigenvalue weighted by Gasteiger charge is 2.44. The van der Waals surface area contributed by atoms with Crippen molar-refractivity contribution in [1.29, 1.82) is 0 Å². The summed E-state index contributed by atoms with van der Waals surface area (Å²) < 4.78 is 10.6. The lowest BCUT2D eigenvalue weighted by atomic mass is 10.0. The third-order valence-corrected chi connectivity index (χ3v) is 5.62. The number of amides is 3. The molecule has 2 saturated heterocycles. The van der Waals surface area contributed by atoms with Crippen LogP contribution in [0.1, 0.15) is 53.9 Å². The molecule has 28 heavy (non-hydrogen) atoms. The topological polar surface area (TPSA) is 79.4 Å². The first kappa shape index (κ1) is 20.5. The van der Waals surface area contributed by atoms with E-state index in [1.54, 1.807) is 16.7 Å². The summed E-state index contributed by atoms with van der Waals surface area (Å²) in [7, 11) is 0. The summed E-state index contributed by atoms with van der Waals surface area (Å²) in [5.74, 6) is -0.346. The van der Waals surface area contributed by atoms with Crippen LogP contribution in [0.4, 0.5) is 9.59 Å². The summed E-state index contributed by atoms with van der Waals surface area (Å²) in [6.45, 7) is 11.3. The number of likely N-dealkylation sites (tertiary alicyclic amines) is 1. The van der Waals surface area contributed by atoms with Gasteiger partial charge >= 0.3 is 18.1 Å². The molecule has 0 aromatic rings. The second-order valence-electron chi connectivity index (χ2n) is 8.71. The monoisotopic (exact) mass is 393 g/mol. The van der Waals surface area contributed by atoms with Crippen molar-refractivity contribution in [3.05, 3.63) is 11.3 Å². The van der Waals surface area contributed by atoms with Crippen molar-refractivity contribution in [2.75, 3.05) is 26.2 Å². The summed E-state index contributed by atoms with van der Waals surface area (Å²) in [5, 5.41) is 0. The second-order valence-corrected chi connectivity index (χ2v) is 8.71. The highest BCUT2D eigenvalue weighted by atomic mass is 16.6. The number of nitrogens with zero attached hydrogens (tertiary/aromatic N) is 3. The highest BCUT2D eigenvalue weighted by molar-refractivity contribution is 5.93. The van der Waals surface area contributed by atoms with E-state index in [4.69, 9.17) is 9.47 Å². The predicted octanol–water partition coefficient (Wildman–Crippen LogP) is 2.73. The van der Waals surface area contributed by atoms with Gasteiger partial charge in [-0.05, 0) is 47.0 Å². The van der Waals surface area contributed by atoms with E-state index in [-0.39, 0.29) is 36.8 Å². The van der Waals surface area contributed by atoms with E-state index < -0.39 is 5.60 Å². The summed E-state index contributed by atoms with van der Waals surface area (Å²) in [4.78, 5) is 42.5. The lowest BCUT2D eigenvalue weighted by molar-refractivity contribution is -0.136. The Bertz CT molecular complexity index is 688. The van der Waals surface area contributed by atoms with Crippen molar-refractivity contribution in [3.63, 3.8) is 0 Å². The maximum atomic E-state index is 13.2.